The van der Waals surface area contributed by atoms with Crippen LogP contribution in [-0.2, 0) is 4.79 Å². The Morgan fingerprint density at radius 2 is 1.93 bits per heavy atom. The Morgan fingerprint density at radius 3 is 2.47 bits per heavy atom. The Morgan fingerprint density at radius 1 is 1.33 bits per heavy atom. The fourth-order valence-corrected chi connectivity index (χ4v) is 2.41. The molecule has 90 valence electrons. The van der Waals surface area contributed by atoms with Crippen molar-refractivity contribution in [1.29, 1.82) is 0 Å². The Balaban J connectivity index is 0.000000442. The number of fused-ring (bicyclic) bond motifs is 2. The van der Waals surface area contributed by atoms with Crippen LogP contribution in [0.15, 0.2) is 0 Å². The van der Waals surface area contributed by atoms with Crippen molar-refractivity contribution in [2.75, 3.05) is 20.2 Å². The molecule has 3 nitrogen and oxygen atoms in total. The van der Waals surface area contributed by atoms with E-state index in [1.807, 2.05) is 18.7 Å². The molecule has 2 fully saturated rings. The molecular weight excluding hydrogens is 190 g/mol. The van der Waals surface area contributed by atoms with E-state index in [4.69, 9.17) is 5.11 Å². The molecule has 15 heavy (non-hydrogen) atoms. The number of aliphatic hydroxyl groups is 1. The van der Waals surface area contributed by atoms with Gasteiger partial charge in [-0.1, -0.05) is 13.8 Å². The normalized spacial score (nSPS) is 27.5. The van der Waals surface area contributed by atoms with E-state index in [1.54, 1.807) is 0 Å². The van der Waals surface area contributed by atoms with Gasteiger partial charge in [-0.3, -0.25) is 4.79 Å². The number of nitrogens with zero attached hydrogens (tertiary/aromatic N) is 1. The van der Waals surface area contributed by atoms with Crippen LogP contribution in [-0.4, -0.2) is 36.1 Å². The quantitative estimate of drug-likeness (QED) is 0.725. The lowest BCUT2D eigenvalue weighted by Crippen LogP contribution is -2.41. The number of likely N-dealkylation sites (tertiary alicyclic amines) is 1. The molecule has 1 aliphatic heterocycles. The first-order valence-corrected chi connectivity index (χ1v) is 6.04. The van der Waals surface area contributed by atoms with Crippen LogP contribution in [0.25, 0.3) is 0 Å². The van der Waals surface area contributed by atoms with Crippen molar-refractivity contribution in [3.63, 3.8) is 0 Å². The molecule has 1 N–H and O–H groups in total. The van der Waals surface area contributed by atoms with E-state index in [0.717, 1.165) is 32.5 Å². The molecule has 0 radical (unpaired) electrons. The first kappa shape index (κ1) is 14.4. The lowest BCUT2D eigenvalue weighted by atomic mass is 9.98. The van der Waals surface area contributed by atoms with Crippen LogP contribution in [0.1, 0.15) is 40.0 Å². The molecule has 2 aliphatic rings. The molecule has 1 saturated heterocycles. The van der Waals surface area contributed by atoms with Crippen LogP contribution in [0.3, 0.4) is 0 Å². The number of piperidine rings is 1. The van der Waals surface area contributed by atoms with Crippen molar-refractivity contribution in [1.82, 2.24) is 4.90 Å². The van der Waals surface area contributed by atoms with Gasteiger partial charge in [-0.2, -0.15) is 0 Å². The third-order valence-electron chi connectivity index (χ3n) is 3.06. The summed E-state index contributed by atoms with van der Waals surface area (Å²) in [5.41, 5.74) is 0. The second kappa shape index (κ2) is 7.69. The number of rotatable bonds is 1. The van der Waals surface area contributed by atoms with Gasteiger partial charge in [0, 0.05) is 26.1 Å². The van der Waals surface area contributed by atoms with Gasteiger partial charge in [0.25, 0.3) is 0 Å². The zero-order valence-corrected chi connectivity index (χ0v) is 10.5. The number of aliphatic hydroxyl groups excluding tert-OH is 1. The highest BCUT2D eigenvalue weighted by Crippen LogP contribution is 2.36. The number of carbonyl (C=O) groups excluding carboxylic acids is 1. The topological polar surface area (TPSA) is 40.5 Å². The van der Waals surface area contributed by atoms with Crippen LogP contribution in [0, 0.1) is 11.8 Å². The molecule has 0 aromatic heterocycles. The molecule has 2 bridgehead atoms. The largest absolute Gasteiger partial charge is 0.400 e. The Hall–Kier alpha value is -0.570. The molecule has 1 heterocycles. The molecule has 2 unspecified atom stereocenters. The number of hydrogen-bond donors (Lipinski definition) is 1. The summed E-state index contributed by atoms with van der Waals surface area (Å²) >= 11 is 0. The molecule has 3 heteroatoms. The average Bonchev–Trinajstić information content (AvgIpc) is 2.73. The van der Waals surface area contributed by atoms with Gasteiger partial charge in [-0.05, 0) is 32.1 Å². The summed E-state index contributed by atoms with van der Waals surface area (Å²) in [7, 11) is 1.00. The number of amides is 1. The van der Waals surface area contributed by atoms with E-state index in [2.05, 4.69) is 6.92 Å². The molecule has 0 aromatic carbocycles. The third-order valence-corrected chi connectivity index (χ3v) is 3.06. The lowest BCUT2D eigenvalue weighted by Gasteiger charge is -2.30. The second-order valence-electron chi connectivity index (χ2n) is 3.75. The Bertz CT molecular complexity index is 182. The van der Waals surface area contributed by atoms with E-state index in [9.17, 15) is 4.79 Å². The highest BCUT2D eigenvalue weighted by molar-refractivity contribution is 5.80. The van der Waals surface area contributed by atoms with Crippen molar-refractivity contribution in [2.24, 2.45) is 11.8 Å². The van der Waals surface area contributed by atoms with Gasteiger partial charge in [0.15, 0.2) is 0 Å². The highest BCUT2D eigenvalue weighted by Gasteiger charge is 2.38. The van der Waals surface area contributed by atoms with Gasteiger partial charge in [0.1, 0.15) is 0 Å². The van der Waals surface area contributed by atoms with Crippen molar-refractivity contribution in [2.45, 2.75) is 40.0 Å². The van der Waals surface area contributed by atoms with Gasteiger partial charge >= 0.3 is 0 Å². The van der Waals surface area contributed by atoms with Crippen LogP contribution in [0.2, 0.25) is 0 Å². The maximum Gasteiger partial charge on any atom is 0.225 e. The third kappa shape index (κ3) is 3.49. The number of carbonyl (C=O) groups is 1. The minimum Gasteiger partial charge on any atom is -0.400 e. The van der Waals surface area contributed by atoms with Gasteiger partial charge in [-0.25, -0.2) is 0 Å². The van der Waals surface area contributed by atoms with Crippen molar-refractivity contribution < 1.29 is 9.90 Å². The summed E-state index contributed by atoms with van der Waals surface area (Å²) in [5.74, 6) is 1.65. The molecule has 2 rings (SSSR count). The Kier molecular flexibility index (Phi) is 7.39. The zero-order chi connectivity index (χ0) is 11.8. The minimum atomic E-state index is 0.397. The van der Waals surface area contributed by atoms with E-state index in [1.165, 1.54) is 12.8 Å². The van der Waals surface area contributed by atoms with Gasteiger partial charge < -0.3 is 10.0 Å². The van der Waals surface area contributed by atoms with E-state index >= 15 is 0 Å². The van der Waals surface area contributed by atoms with Crippen LogP contribution >= 0.6 is 0 Å². The molecule has 2 atom stereocenters. The second-order valence-corrected chi connectivity index (χ2v) is 3.75. The SMILES string of the molecule is CC.CCN1CC2CCC(C2)C1=O.CO. The van der Waals surface area contributed by atoms with Crippen LogP contribution < -0.4 is 0 Å². The van der Waals surface area contributed by atoms with E-state index in [-0.39, 0.29) is 0 Å². The summed E-state index contributed by atoms with van der Waals surface area (Å²) < 4.78 is 0. The lowest BCUT2D eigenvalue weighted by molar-refractivity contribution is -0.137. The van der Waals surface area contributed by atoms with Crippen LogP contribution in [0.5, 0.6) is 0 Å². The number of hydrogen-bond acceptors (Lipinski definition) is 2. The fourth-order valence-electron chi connectivity index (χ4n) is 2.41. The van der Waals surface area contributed by atoms with Gasteiger partial charge in [-0.15, -0.1) is 0 Å². The minimum absolute atomic E-state index is 0.397. The van der Waals surface area contributed by atoms with Crippen molar-refractivity contribution in [3.8, 4) is 0 Å². The molecule has 1 saturated carbocycles. The van der Waals surface area contributed by atoms with Gasteiger partial charge in [0.2, 0.25) is 5.91 Å². The summed E-state index contributed by atoms with van der Waals surface area (Å²) in [5, 5.41) is 7.00. The smallest absolute Gasteiger partial charge is 0.225 e. The van der Waals surface area contributed by atoms with E-state index < -0.39 is 0 Å². The first-order valence-electron chi connectivity index (χ1n) is 6.04. The highest BCUT2D eigenvalue weighted by atomic mass is 16.2. The fraction of sp³-hybridized carbons (Fsp3) is 0.917. The standard InChI is InChI=1S/C9H15NO.C2H6.CH4O/c1-2-10-6-7-3-4-8(5-7)9(10)11;2*1-2/h7-8H,2-6H2,1H3;1-2H3;2H,1H3. The van der Waals surface area contributed by atoms with Crippen LogP contribution in [0.4, 0.5) is 0 Å². The Labute approximate surface area is 93.5 Å². The van der Waals surface area contributed by atoms with E-state index in [0.29, 0.717) is 11.8 Å². The first-order chi connectivity index (χ1) is 7.31. The molecular formula is C12H25NO2. The predicted molar refractivity (Wildman–Crippen MR) is 62.6 cm³/mol. The predicted octanol–water partition coefficient (Wildman–Crippen LogP) is 1.90. The monoisotopic (exact) mass is 215 g/mol. The average molecular weight is 215 g/mol. The molecule has 1 amide bonds. The maximum absolute atomic E-state index is 11.5. The summed E-state index contributed by atoms with van der Waals surface area (Å²) in [6, 6.07) is 0. The van der Waals surface area contributed by atoms with Crippen molar-refractivity contribution in [3.05, 3.63) is 0 Å². The zero-order valence-electron chi connectivity index (χ0n) is 10.5. The van der Waals surface area contributed by atoms with Gasteiger partial charge in [0.05, 0.1) is 0 Å². The summed E-state index contributed by atoms with van der Waals surface area (Å²) in [6.07, 6.45) is 3.61. The summed E-state index contributed by atoms with van der Waals surface area (Å²) in [6.45, 7) is 8.01. The molecule has 1 aliphatic carbocycles. The van der Waals surface area contributed by atoms with Crippen molar-refractivity contribution >= 4 is 5.91 Å². The molecule has 0 spiro atoms. The summed E-state index contributed by atoms with van der Waals surface area (Å²) in [4.78, 5) is 13.6. The molecule has 0 aromatic rings. The maximum atomic E-state index is 11.5.